The Balaban J connectivity index is 0.00000162. The van der Waals surface area contributed by atoms with Gasteiger partial charge >= 0.3 is 0 Å². The van der Waals surface area contributed by atoms with Gasteiger partial charge in [0.1, 0.15) is 6.54 Å². The number of halogens is 1. The standard InChI is InChI=1S/C11H19N3O2S.ClH/c12-5-9-3-1-2-4-14(9)10(15)6-13-8-17-7-11(13)16;/h9H,1-8,12H2;1H. The number of carbonyl (C=O) groups excluding carboxylic acids is 2. The van der Waals surface area contributed by atoms with Crippen molar-refractivity contribution in [1.82, 2.24) is 9.80 Å². The first kappa shape index (κ1) is 15.6. The largest absolute Gasteiger partial charge is 0.337 e. The van der Waals surface area contributed by atoms with Crippen molar-refractivity contribution in [2.75, 3.05) is 31.3 Å². The second-order valence-corrected chi connectivity index (χ2v) is 5.50. The number of hydrogen-bond donors (Lipinski definition) is 1. The molecule has 5 nitrogen and oxygen atoms in total. The van der Waals surface area contributed by atoms with E-state index in [0.717, 1.165) is 25.8 Å². The van der Waals surface area contributed by atoms with Gasteiger partial charge in [0.05, 0.1) is 11.6 Å². The van der Waals surface area contributed by atoms with E-state index in [1.807, 2.05) is 4.90 Å². The predicted molar refractivity (Wildman–Crippen MR) is 74.7 cm³/mol. The third-order valence-electron chi connectivity index (χ3n) is 3.37. The molecule has 0 spiro atoms. The molecule has 2 aliphatic rings. The van der Waals surface area contributed by atoms with E-state index in [4.69, 9.17) is 5.73 Å². The number of thioether (sulfide) groups is 1. The third kappa shape index (κ3) is 3.52. The average Bonchev–Trinajstić information content (AvgIpc) is 2.75. The van der Waals surface area contributed by atoms with Crippen molar-refractivity contribution in [1.29, 1.82) is 0 Å². The van der Waals surface area contributed by atoms with Crippen LogP contribution in [0.1, 0.15) is 19.3 Å². The van der Waals surface area contributed by atoms with Gasteiger partial charge < -0.3 is 15.5 Å². The van der Waals surface area contributed by atoms with E-state index in [1.54, 1.807) is 16.7 Å². The van der Waals surface area contributed by atoms with Crippen LogP contribution in [0.2, 0.25) is 0 Å². The zero-order chi connectivity index (χ0) is 12.3. The van der Waals surface area contributed by atoms with Crippen molar-refractivity contribution in [3.8, 4) is 0 Å². The lowest BCUT2D eigenvalue weighted by atomic mass is 10.0. The maximum atomic E-state index is 12.1. The lowest BCUT2D eigenvalue weighted by Gasteiger charge is -2.35. The smallest absolute Gasteiger partial charge is 0.242 e. The van der Waals surface area contributed by atoms with Gasteiger partial charge in [-0.05, 0) is 19.3 Å². The van der Waals surface area contributed by atoms with Gasteiger partial charge in [-0.2, -0.15) is 0 Å². The fourth-order valence-electron chi connectivity index (χ4n) is 2.37. The molecule has 0 aromatic rings. The molecule has 2 N–H and O–H groups in total. The molecule has 0 aliphatic carbocycles. The average molecular weight is 294 g/mol. The fraction of sp³-hybridized carbons (Fsp3) is 0.818. The quantitative estimate of drug-likeness (QED) is 0.812. The van der Waals surface area contributed by atoms with Crippen LogP contribution in [0.25, 0.3) is 0 Å². The molecule has 7 heteroatoms. The van der Waals surface area contributed by atoms with E-state index in [1.165, 1.54) is 0 Å². The second-order valence-electron chi connectivity index (χ2n) is 4.54. The fourth-order valence-corrected chi connectivity index (χ4v) is 3.27. The highest BCUT2D eigenvalue weighted by Gasteiger charge is 2.29. The normalized spacial score (nSPS) is 24.1. The first-order valence-corrected chi connectivity index (χ1v) is 7.23. The highest BCUT2D eigenvalue weighted by molar-refractivity contribution is 8.00. The SMILES string of the molecule is Cl.NCC1CCCCN1C(=O)CN1CSCC1=O. The highest BCUT2D eigenvalue weighted by Crippen LogP contribution is 2.19. The van der Waals surface area contributed by atoms with Gasteiger partial charge in [0.25, 0.3) is 0 Å². The molecule has 18 heavy (non-hydrogen) atoms. The molecule has 2 amide bonds. The van der Waals surface area contributed by atoms with Crippen LogP contribution < -0.4 is 5.73 Å². The highest BCUT2D eigenvalue weighted by atomic mass is 35.5. The summed E-state index contributed by atoms with van der Waals surface area (Å²) in [4.78, 5) is 27.1. The Morgan fingerprint density at radius 3 is 2.83 bits per heavy atom. The van der Waals surface area contributed by atoms with Gasteiger partial charge in [-0.3, -0.25) is 9.59 Å². The number of nitrogens with zero attached hydrogens (tertiary/aromatic N) is 2. The summed E-state index contributed by atoms with van der Waals surface area (Å²) in [6.07, 6.45) is 3.18. The van der Waals surface area contributed by atoms with Crippen molar-refractivity contribution in [3.05, 3.63) is 0 Å². The van der Waals surface area contributed by atoms with E-state index < -0.39 is 0 Å². The van der Waals surface area contributed by atoms with Gasteiger partial charge in [-0.15, -0.1) is 24.2 Å². The lowest BCUT2D eigenvalue weighted by molar-refractivity contribution is -0.140. The number of nitrogens with two attached hydrogens (primary N) is 1. The molecule has 2 saturated heterocycles. The van der Waals surface area contributed by atoms with Crippen LogP contribution in [-0.2, 0) is 9.59 Å². The predicted octanol–water partition coefficient (Wildman–Crippen LogP) is 0.281. The Morgan fingerprint density at radius 1 is 1.44 bits per heavy atom. The first-order valence-electron chi connectivity index (χ1n) is 6.07. The van der Waals surface area contributed by atoms with Gasteiger partial charge in [-0.1, -0.05) is 0 Å². The third-order valence-corrected chi connectivity index (χ3v) is 4.32. The number of piperidine rings is 1. The zero-order valence-corrected chi connectivity index (χ0v) is 12.0. The van der Waals surface area contributed by atoms with E-state index in [9.17, 15) is 9.59 Å². The van der Waals surface area contributed by atoms with Gasteiger partial charge in [-0.25, -0.2) is 0 Å². The van der Waals surface area contributed by atoms with Crippen molar-refractivity contribution in [2.45, 2.75) is 25.3 Å². The molecular weight excluding hydrogens is 274 g/mol. The van der Waals surface area contributed by atoms with Crippen LogP contribution in [-0.4, -0.2) is 58.9 Å². The van der Waals surface area contributed by atoms with Gasteiger partial charge in [0.15, 0.2) is 0 Å². The lowest BCUT2D eigenvalue weighted by Crippen LogP contribution is -2.50. The molecule has 0 aromatic carbocycles. The summed E-state index contributed by atoms with van der Waals surface area (Å²) in [7, 11) is 0. The van der Waals surface area contributed by atoms with E-state index in [2.05, 4.69) is 0 Å². The van der Waals surface area contributed by atoms with Crippen LogP contribution in [0.3, 0.4) is 0 Å². The Bertz CT molecular complexity index is 317. The van der Waals surface area contributed by atoms with Crippen LogP contribution in [0.5, 0.6) is 0 Å². The summed E-state index contributed by atoms with van der Waals surface area (Å²) in [6.45, 7) is 1.53. The minimum atomic E-state index is 0. The maximum Gasteiger partial charge on any atom is 0.242 e. The topological polar surface area (TPSA) is 66.6 Å². The Labute approximate surface area is 118 Å². The summed E-state index contributed by atoms with van der Waals surface area (Å²) in [5.74, 6) is 1.28. The van der Waals surface area contributed by atoms with Crippen molar-refractivity contribution < 1.29 is 9.59 Å². The maximum absolute atomic E-state index is 12.1. The summed E-state index contributed by atoms with van der Waals surface area (Å²) in [5.41, 5.74) is 5.69. The summed E-state index contributed by atoms with van der Waals surface area (Å²) >= 11 is 1.57. The number of amides is 2. The van der Waals surface area contributed by atoms with Crippen molar-refractivity contribution in [3.63, 3.8) is 0 Å². The Hall–Kier alpha value is -0.460. The molecule has 0 aromatic heterocycles. The number of hydrogen-bond acceptors (Lipinski definition) is 4. The summed E-state index contributed by atoms with van der Waals surface area (Å²) < 4.78 is 0. The van der Waals surface area contributed by atoms with E-state index >= 15 is 0 Å². The van der Waals surface area contributed by atoms with Crippen LogP contribution in [0, 0.1) is 0 Å². The molecule has 2 aliphatic heterocycles. The minimum absolute atomic E-state index is 0. The molecule has 2 rings (SSSR count). The summed E-state index contributed by atoms with van der Waals surface area (Å²) in [5, 5.41) is 0. The van der Waals surface area contributed by atoms with Crippen molar-refractivity contribution in [2.24, 2.45) is 5.73 Å². The number of likely N-dealkylation sites (tertiary alicyclic amines) is 1. The molecule has 0 radical (unpaired) electrons. The monoisotopic (exact) mass is 293 g/mol. The molecule has 104 valence electrons. The molecular formula is C11H20ClN3O2S. The molecule has 2 fully saturated rings. The van der Waals surface area contributed by atoms with Crippen molar-refractivity contribution >= 4 is 36.0 Å². The van der Waals surface area contributed by atoms with Gasteiger partial charge in [0.2, 0.25) is 11.8 Å². The number of rotatable bonds is 3. The minimum Gasteiger partial charge on any atom is -0.337 e. The summed E-state index contributed by atoms with van der Waals surface area (Å²) in [6, 6.07) is 0.168. The van der Waals surface area contributed by atoms with Gasteiger partial charge in [0, 0.05) is 19.1 Å². The molecule has 1 unspecified atom stereocenters. The number of carbonyl (C=O) groups is 2. The molecule has 2 heterocycles. The van der Waals surface area contributed by atoms with Crippen LogP contribution >= 0.6 is 24.2 Å². The second kappa shape index (κ2) is 7.21. The molecule has 0 bridgehead atoms. The van der Waals surface area contributed by atoms with E-state index in [-0.39, 0.29) is 36.8 Å². The van der Waals surface area contributed by atoms with Crippen LogP contribution in [0.15, 0.2) is 0 Å². The molecule has 0 saturated carbocycles. The molecule has 1 atom stereocenters. The Morgan fingerprint density at radius 2 is 2.22 bits per heavy atom. The van der Waals surface area contributed by atoms with E-state index in [0.29, 0.717) is 18.2 Å². The Kier molecular flexibility index (Phi) is 6.25. The zero-order valence-electron chi connectivity index (χ0n) is 10.3. The first-order chi connectivity index (χ1) is 8.22. The van der Waals surface area contributed by atoms with Crippen LogP contribution in [0.4, 0.5) is 0 Å².